The van der Waals surface area contributed by atoms with Gasteiger partial charge in [0.05, 0.1) is 12.8 Å². The van der Waals surface area contributed by atoms with Gasteiger partial charge >= 0.3 is 0 Å². The van der Waals surface area contributed by atoms with Gasteiger partial charge in [0.2, 0.25) is 0 Å². The summed E-state index contributed by atoms with van der Waals surface area (Å²) < 4.78 is 5.69. The second-order valence-corrected chi connectivity index (χ2v) is 7.16. The van der Waals surface area contributed by atoms with Gasteiger partial charge in [-0.2, -0.15) is 0 Å². The normalized spacial score (nSPS) is 16.5. The van der Waals surface area contributed by atoms with Crippen molar-refractivity contribution in [2.45, 2.75) is 51.4 Å². The lowest BCUT2D eigenvalue weighted by Crippen LogP contribution is -2.30. The summed E-state index contributed by atoms with van der Waals surface area (Å²) in [4.78, 5) is 3.81. The van der Waals surface area contributed by atoms with Crippen LogP contribution in [-0.2, 0) is 19.5 Å². The lowest BCUT2D eigenvalue weighted by Gasteiger charge is -2.23. The lowest BCUT2D eigenvalue weighted by molar-refractivity contribution is 0.229. The van der Waals surface area contributed by atoms with E-state index in [1.807, 2.05) is 17.6 Å². The maximum atomic E-state index is 5.69. The van der Waals surface area contributed by atoms with Crippen LogP contribution in [0.1, 0.15) is 36.0 Å². The zero-order valence-electron chi connectivity index (χ0n) is 12.8. The molecule has 1 atom stereocenters. The van der Waals surface area contributed by atoms with Gasteiger partial charge in [-0.25, -0.2) is 0 Å². The van der Waals surface area contributed by atoms with E-state index in [0.29, 0.717) is 6.04 Å². The molecule has 1 N–H and O–H groups in total. The Hall–Kier alpha value is -1.10. The molecule has 114 valence electrons. The maximum Gasteiger partial charge on any atom is 0.118 e. The molecule has 3 nitrogen and oxygen atoms in total. The standard InChI is InChI=1S/C17H24N2OS/c1-13(8-17-4-3-7-21-17)19(2)11-16-9-14(12-20-16)10-18-15-5-6-15/h3-4,7,9,12-13,15,18H,5-6,8,10-11H2,1-2H3. The van der Waals surface area contributed by atoms with Gasteiger partial charge in [-0.1, -0.05) is 6.07 Å². The van der Waals surface area contributed by atoms with Crippen molar-refractivity contribution in [2.75, 3.05) is 7.05 Å². The highest BCUT2D eigenvalue weighted by molar-refractivity contribution is 7.09. The van der Waals surface area contributed by atoms with E-state index in [4.69, 9.17) is 4.42 Å². The zero-order chi connectivity index (χ0) is 14.7. The van der Waals surface area contributed by atoms with E-state index in [1.54, 1.807) is 0 Å². The van der Waals surface area contributed by atoms with Crippen LogP contribution in [0.2, 0.25) is 0 Å². The van der Waals surface area contributed by atoms with Crippen molar-refractivity contribution in [1.29, 1.82) is 0 Å². The molecule has 1 aliphatic rings. The van der Waals surface area contributed by atoms with Gasteiger partial charge in [-0.3, -0.25) is 4.90 Å². The van der Waals surface area contributed by atoms with Gasteiger partial charge < -0.3 is 9.73 Å². The van der Waals surface area contributed by atoms with Crippen LogP contribution in [0.5, 0.6) is 0 Å². The molecule has 3 rings (SSSR count). The molecule has 0 aromatic carbocycles. The molecule has 0 spiro atoms. The van der Waals surface area contributed by atoms with E-state index < -0.39 is 0 Å². The average molecular weight is 304 g/mol. The summed E-state index contributed by atoms with van der Waals surface area (Å²) in [5.41, 5.74) is 1.26. The number of hydrogen-bond donors (Lipinski definition) is 1. The van der Waals surface area contributed by atoms with Crippen molar-refractivity contribution < 1.29 is 4.42 Å². The highest BCUT2D eigenvalue weighted by atomic mass is 32.1. The van der Waals surface area contributed by atoms with Crippen LogP contribution in [0.15, 0.2) is 34.3 Å². The number of rotatable bonds is 8. The van der Waals surface area contributed by atoms with Gasteiger partial charge in [0.25, 0.3) is 0 Å². The van der Waals surface area contributed by atoms with Crippen LogP contribution in [0.4, 0.5) is 0 Å². The Morgan fingerprint density at radius 1 is 1.48 bits per heavy atom. The minimum absolute atomic E-state index is 0.516. The van der Waals surface area contributed by atoms with Crippen molar-refractivity contribution in [2.24, 2.45) is 0 Å². The summed E-state index contributed by atoms with van der Waals surface area (Å²) in [7, 11) is 2.17. The molecule has 0 bridgehead atoms. The van der Waals surface area contributed by atoms with Crippen LogP contribution >= 0.6 is 11.3 Å². The quantitative estimate of drug-likeness (QED) is 0.807. The van der Waals surface area contributed by atoms with Gasteiger partial charge in [0.15, 0.2) is 0 Å². The first-order valence-electron chi connectivity index (χ1n) is 7.73. The Bertz CT molecular complexity index is 545. The largest absolute Gasteiger partial charge is 0.468 e. The molecule has 0 saturated heterocycles. The van der Waals surface area contributed by atoms with Gasteiger partial charge in [0.1, 0.15) is 5.76 Å². The molecule has 2 aromatic rings. The van der Waals surface area contributed by atoms with Gasteiger partial charge in [-0.05, 0) is 50.7 Å². The van der Waals surface area contributed by atoms with E-state index in [9.17, 15) is 0 Å². The Kier molecular flexibility index (Phi) is 4.78. The molecule has 2 heterocycles. The van der Waals surface area contributed by atoms with Crippen LogP contribution in [0.3, 0.4) is 0 Å². The summed E-state index contributed by atoms with van der Waals surface area (Å²) in [6, 6.07) is 7.78. The van der Waals surface area contributed by atoms with Gasteiger partial charge in [0, 0.05) is 29.1 Å². The van der Waals surface area contributed by atoms with E-state index in [0.717, 1.165) is 31.3 Å². The van der Waals surface area contributed by atoms with Crippen molar-refractivity contribution >= 4 is 11.3 Å². The first-order valence-corrected chi connectivity index (χ1v) is 8.61. The third kappa shape index (κ3) is 4.43. The van der Waals surface area contributed by atoms with E-state index in [-0.39, 0.29) is 0 Å². The summed E-state index contributed by atoms with van der Waals surface area (Å²) in [5.74, 6) is 1.06. The Morgan fingerprint density at radius 2 is 2.33 bits per heavy atom. The molecule has 21 heavy (non-hydrogen) atoms. The average Bonchev–Trinajstić information content (AvgIpc) is 2.96. The maximum absolute atomic E-state index is 5.69. The lowest BCUT2D eigenvalue weighted by atomic mass is 10.2. The predicted octanol–water partition coefficient (Wildman–Crippen LogP) is 3.66. The van der Waals surface area contributed by atoms with Crippen molar-refractivity contribution in [3.8, 4) is 0 Å². The first kappa shape index (κ1) is 14.8. The molecule has 1 aliphatic carbocycles. The molecule has 2 aromatic heterocycles. The first-order chi connectivity index (χ1) is 10.2. The molecule has 0 amide bonds. The Morgan fingerprint density at radius 3 is 3.05 bits per heavy atom. The van der Waals surface area contributed by atoms with Crippen LogP contribution in [0.25, 0.3) is 0 Å². The Labute approximate surface area is 131 Å². The van der Waals surface area contributed by atoms with E-state index in [1.165, 1.54) is 23.3 Å². The third-order valence-electron chi connectivity index (χ3n) is 4.11. The topological polar surface area (TPSA) is 28.4 Å². The molecule has 1 unspecified atom stereocenters. The third-order valence-corrected chi connectivity index (χ3v) is 5.01. The van der Waals surface area contributed by atoms with Crippen molar-refractivity contribution in [1.82, 2.24) is 10.2 Å². The summed E-state index contributed by atoms with van der Waals surface area (Å²) >= 11 is 1.84. The summed E-state index contributed by atoms with van der Waals surface area (Å²) in [5, 5.41) is 5.67. The molecular weight excluding hydrogens is 280 g/mol. The number of thiophene rings is 1. The number of likely N-dealkylation sites (N-methyl/N-ethyl adjacent to an activating group) is 1. The molecule has 4 heteroatoms. The van der Waals surface area contributed by atoms with Crippen molar-refractivity contribution in [3.63, 3.8) is 0 Å². The molecule has 1 fully saturated rings. The van der Waals surface area contributed by atoms with Crippen LogP contribution < -0.4 is 5.32 Å². The van der Waals surface area contributed by atoms with Crippen LogP contribution in [-0.4, -0.2) is 24.0 Å². The fourth-order valence-electron chi connectivity index (χ4n) is 2.43. The van der Waals surface area contributed by atoms with Crippen LogP contribution in [0, 0.1) is 0 Å². The predicted molar refractivity (Wildman–Crippen MR) is 87.5 cm³/mol. The Balaban J connectivity index is 1.47. The van der Waals surface area contributed by atoms with Crippen molar-refractivity contribution in [3.05, 3.63) is 46.0 Å². The molecular formula is C17H24N2OS. The van der Waals surface area contributed by atoms with E-state index >= 15 is 0 Å². The van der Waals surface area contributed by atoms with E-state index in [2.05, 4.69) is 47.8 Å². The smallest absolute Gasteiger partial charge is 0.118 e. The minimum atomic E-state index is 0.516. The molecule has 1 saturated carbocycles. The fraction of sp³-hybridized carbons (Fsp3) is 0.529. The number of furan rings is 1. The fourth-order valence-corrected chi connectivity index (χ4v) is 3.26. The second-order valence-electron chi connectivity index (χ2n) is 6.12. The summed E-state index contributed by atoms with van der Waals surface area (Å²) in [6.07, 6.45) is 5.65. The number of hydrogen-bond acceptors (Lipinski definition) is 4. The highest BCUT2D eigenvalue weighted by Gasteiger charge is 2.20. The SMILES string of the molecule is CC(Cc1cccs1)N(C)Cc1cc(CNC2CC2)co1. The van der Waals surface area contributed by atoms with Gasteiger partial charge in [-0.15, -0.1) is 11.3 Å². The number of nitrogens with one attached hydrogen (secondary N) is 1. The minimum Gasteiger partial charge on any atom is -0.468 e. The molecule has 0 aliphatic heterocycles. The second kappa shape index (κ2) is 6.77. The monoisotopic (exact) mass is 304 g/mol. The zero-order valence-corrected chi connectivity index (χ0v) is 13.7. The molecule has 0 radical (unpaired) electrons. The summed E-state index contributed by atoms with van der Waals surface area (Å²) in [6.45, 7) is 4.08. The number of nitrogens with zero attached hydrogens (tertiary/aromatic N) is 1. The highest BCUT2D eigenvalue weighted by Crippen LogP contribution is 2.20.